The van der Waals surface area contributed by atoms with E-state index in [9.17, 15) is 0 Å². The maximum atomic E-state index is 4.04. The molecule has 0 spiro atoms. The molecule has 2 aromatic carbocycles. The number of rotatable bonds is 3. The van der Waals surface area contributed by atoms with Gasteiger partial charge in [0.25, 0.3) is 0 Å². The number of hydrazine groups is 1. The van der Waals surface area contributed by atoms with Gasteiger partial charge in [0.2, 0.25) is 0 Å². The second-order valence-corrected chi connectivity index (χ2v) is 4.56. The zero-order chi connectivity index (χ0) is 13.4. The Morgan fingerprint density at radius 2 is 1.75 bits per heavy atom. The van der Waals surface area contributed by atoms with Gasteiger partial charge < -0.3 is 5.43 Å². The molecule has 4 N–H and O–H groups in total. The third-order valence-corrected chi connectivity index (χ3v) is 3.26. The van der Waals surface area contributed by atoms with E-state index in [1.807, 2.05) is 36.4 Å². The predicted octanol–water partition coefficient (Wildman–Crippen LogP) is 2.88. The van der Waals surface area contributed by atoms with E-state index in [-0.39, 0.29) is 0 Å². The highest BCUT2D eigenvalue weighted by molar-refractivity contribution is 5.90. The zero-order valence-electron chi connectivity index (χ0n) is 10.5. The van der Waals surface area contributed by atoms with Crippen molar-refractivity contribution in [3.8, 4) is 0 Å². The molecule has 0 unspecified atom stereocenters. The second-order valence-electron chi connectivity index (χ2n) is 4.56. The van der Waals surface area contributed by atoms with Crippen molar-refractivity contribution in [3.63, 3.8) is 0 Å². The van der Waals surface area contributed by atoms with Crippen LogP contribution in [0.1, 0.15) is 0 Å². The van der Waals surface area contributed by atoms with Crippen LogP contribution in [0.2, 0.25) is 0 Å². The molecular formula is C14H12N6. The second kappa shape index (κ2) is 4.27. The summed E-state index contributed by atoms with van der Waals surface area (Å²) in [5.74, 6) is 0. The smallest absolute Gasteiger partial charge is 0.0899 e. The summed E-state index contributed by atoms with van der Waals surface area (Å²) < 4.78 is 0. The van der Waals surface area contributed by atoms with Gasteiger partial charge in [0.15, 0.2) is 0 Å². The quantitative estimate of drug-likeness (QED) is 0.429. The number of aromatic amines is 2. The number of anilines is 2. The fourth-order valence-corrected chi connectivity index (χ4v) is 2.23. The van der Waals surface area contributed by atoms with Crippen molar-refractivity contribution in [1.29, 1.82) is 0 Å². The van der Waals surface area contributed by atoms with Crippen LogP contribution in [0.15, 0.2) is 48.8 Å². The monoisotopic (exact) mass is 264 g/mol. The van der Waals surface area contributed by atoms with Gasteiger partial charge in [-0.1, -0.05) is 12.1 Å². The lowest BCUT2D eigenvalue weighted by molar-refractivity contribution is 1.12. The van der Waals surface area contributed by atoms with Crippen molar-refractivity contribution in [2.24, 2.45) is 0 Å². The van der Waals surface area contributed by atoms with Crippen LogP contribution in [0.25, 0.3) is 21.8 Å². The lowest BCUT2D eigenvalue weighted by atomic mass is 10.2. The van der Waals surface area contributed by atoms with Gasteiger partial charge >= 0.3 is 0 Å². The third-order valence-electron chi connectivity index (χ3n) is 3.26. The first-order valence-corrected chi connectivity index (χ1v) is 6.27. The number of fused-ring (bicyclic) bond motifs is 2. The average molecular weight is 264 g/mol. The van der Waals surface area contributed by atoms with Crippen molar-refractivity contribution in [1.82, 2.24) is 20.4 Å². The molecule has 0 amide bonds. The van der Waals surface area contributed by atoms with Crippen LogP contribution >= 0.6 is 0 Å². The Kier molecular flexibility index (Phi) is 2.32. The standard InChI is InChI=1S/C14H12N6/c1-2-10-8-16-20-14(10)12(3-1)19-17-11-5-4-9-7-15-18-13(9)6-11/h1-8,17,19H,(H,15,18)(H,16,20). The molecule has 20 heavy (non-hydrogen) atoms. The molecule has 0 saturated carbocycles. The summed E-state index contributed by atoms with van der Waals surface area (Å²) in [7, 11) is 0. The summed E-state index contributed by atoms with van der Waals surface area (Å²) >= 11 is 0. The van der Waals surface area contributed by atoms with Crippen LogP contribution in [-0.4, -0.2) is 20.4 Å². The van der Waals surface area contributed by atoms with Crippen LogP contribution < -0.4 is 10.9 Å². The van der Waals surface area contributed by atoms with Crippen LogP contribution in [-0.2, 0) is 0 Å². The summed E-state index contributed by atoms with van der Waals surface area (Å²) in [6.45, 7) is 0. The van der Waals surface area contributed by atoms with Crippen LogP contribution in [0.3, 0.4) is 0 Å². The average Bonchev–Trinajstić information content (AvgIpc) is 3.13. The Labute approximate surface area is 114 Å². The Morgan fingerprint density at radius 3 is 2.75 bits per heavy atom. The summed E-state index contributed by atoms with van der Waals surface area (Å²) in [6, 6.07) is 12.0. The largest absolute Gasteiger partial charge is 0.301 e. The number of nitrogens with zero attached hydrogens (tertiary/aromatic N) is 2. The van der Waals surface area contributed by atoms with Gasteiger partial charge in [0.1, 0.15) is 0 Å². The molecule has 0 fully saturated rings. The van der Waals surface area contributed by atoms with Gasteiger partial charge in [-0.05, 0) is 24.3 Å². The molecule has 4 aromatic rings. The molecule has 0 aliphatic rings. The van der Waals surface area contributed by atoms with Crippen molar-refractivity contribution in [2.45, 2.75) is 0 Å². The highest BCUT2D eigenvalue weighted by Gasteiger charge is 2.02. The van der Waals surface area contributed by atoms with E-state index < -0.39 is 0 Å². The first-order chi connectivity index (χ1) is 9.90. The maximum absolute atomic E-state index is 4.04. The van der Waals surface area contributed by atoms with Gasteiger partial charge in [-0.25, -0.2) is 0 Å². The van der Waals surface area contributed by atoms with Crippen molar-refractivity contribution >= 4 is 33.2 Å². The number of hydrogen-bond donors (Lipinski definition) is 4. The molecule has 2 heterocycles. The highest BCUT2D eigenvalue weighted by Crippen LogP contribution is 2.21. The molecule has 6 nitrogen and oxygen atoms in total. The highest BCUT2D eigenvalue weighted by atomic mass is 15.4. The van der Waals surface area contributed by atoms with E-state index in [0.717, 1.165) is 33.2 Å². The van der Waals surface area contributed by atoms with Gasteiger partial charge in [-0.2, -0.15) is 10.2 Å². The van der Waals surface area contributed by atoms with Crippen LogP contribution in [0.4, 0.5) is 11.4 Å². The number of nitrogens with one attached hydrogen (secondary N) is 4. The van der Waals surface area contributed by atoms with Crippen molar-refractivity contribution in [3.05, 3.63) is 48.8 Å². The molecule has 98 valence electrons. The van der Waals surface area contributed by atoms with Gasteiger partial charge in [-0.3, -0.25) is 15.6 Å². The first-order valence-electron chi connectivity index (χ1n) is 6.27. The maximum Gasteiger partial charge on any atom is 0.0899 e. The number of para-hydroxylation sites is 1. The number of benzene rings is 2. The summed E-state index contributed by atoms with van der Waals surface area (Å²) in [5, 5.41) is 16.1. The van der Waals surface area contributed by atoms with E-state index in [4.69, 9.17) is 0 Å². The topological polar surface area (TPSA) is 81.4 Å². The number of aromatic nitrogens is 4. The fraction of sp³-hybridized carbons (Fsp3) is 0. The molecular weight excluding hydrogens is 252 g/mol. The molecule has 4 rings (SSSR count). The molecule has 0 aliphatic carbocycles. The molecule has 0 saturated heterocycles. The summed E-state index contributed by atoms with van der Waals surface area (Å²) in [4.78, 5) is 0. The summed E-state index contributed by atoms with van der Waals surface area (Å²) in [5.41, 5.74) is 10.2. The Morgan fingerprint density at radius 1 is 0.850 bits per heavy atom. The number of H-pyrrole nitrogens is 2. The molecule has 0 radical (unpaired) electrons. The van der Waals surface area contributed by atoms with E-state index in [1.165, 1.54) is 0 Å². The van der Waals surface area contributed by atoms with E-state index >= 15 is 0 Å². The SMILES string of the molecule is c1cc(NNc2ccc3cn[nH]c3c2)c2[nH]ncc2c1. The Hall–Kier alpha value is -3.02. The zero-order valence-corrected chi connectivity index (χ0v) is 10.5. The molecule has 0 bridgehead atoms. The fourth-order valence-electron chi connectivity index (χ4n) is 2.23. The summed E-state index contributed by atoms with van der Waals surface area (Å²) in [6.07, 6.45) is 3.61. The number of hydrogen-bond acceptors (Lipinski definition) is 4. The van der Waals surface area contributed by atoms with Crippen LogP contribution in [0, 0.1) is 0 Å². The van der Waals surface area contributed by atoms with Gasteiger partial charge in [-0.15, -0.1) is 0 Å². The molecule has 0 atom stereocenters. The Balaban J connectivity index is 1.61. The van der Waals surface area contributed by atoms with Gasteiger partial charge in [0, 0.05) is 10.8 Å². The first kappa shape index (κ1) is 10.9. The van der Waals surface area contributed by atoms with Crippen molar-refractivity contribution in [2.75, 3.05) is 10.9 Å². The lowest BCUT2D eigenvalue weighted by Crippen LogP contribution is -2.08. The minimum absolute atomic E-state index is 0.949. The minimum atomic E-state index is 0.949. The van der Waals surface area contributed by atoms with E-state index in [0.29, 0.717) is 0 Å². The van der Waals surface area contributed by atoms with Gasteiger partial charge in [0.05, 0.1) is 34.8 Å². The van der Waals surface area contributed by atoms with E-state index in [1.54, 1.807) is 12.4 Å². The third kappa shape index (κ3) is 1.74. The van der Waals surface area contributed by atoms with E-state index in [2.05, 4.69) is 31.2 Å². The predicted molar refractivity (Wildman–Crippen MR) is 79.4 cm³/mol. The molecule has 6 heteroatoms. The normalized spacial score (nSPS) is 11.0. The lowest BCUT2D eigenvalue weighted by Gasteiger charge is -2.10. The minimum Gasteiger partial charge on any atom is -0.301 e. The van der Waals surface area contributed by atoms with Crippen molar-refractivity contribution < 1.29 is 0 Å². The van der Waals surface area contributed by atoms with Crippen LogP contribution in [0.5, 0.6) is 0 Å². The molecule has 2 aromatic heterocycles. The Bertz CT molecular complexity index is 875. The molecule has 0 aliphatic heterocycles.